The first-order chi connectivity index (χ1) is 7.58. The summed E-state index contributed by atoms with van der Waals surface area (Å²) in [6, 6.07) is 2.36. The summed E-state index contributed by atoms with van der Waals surface area (Å²) in [7, 11) is 0. The molecule has 1 aliphatic carbocycles. The summed E-state index contributed by atoms with van der Waals surface area (Å²) in [6.45, 7) is 0. The fraction of sp³-hybridized carbons (Fsp3) is 0.400. The molecule has 0 radical (unpaired) electrons. The Bertz CT molecular complexity index is 435. The van der Waals surface area contributed by atoms with Crippen molar-refractivity contribution in [1.29, 1.82) is 0 Å². The predicted octanol–water partition coefficient (Wildman–Crippen LogP) is 3.35. The van der Waals surface area contributed by atoms with E-state index in [4.69, 9.17) is 11.6 Å². The third-order valence-electron chi connectivity index (χ3n) is 2.70. The number of nitro groups is 1. The van der Waals surface area contributed by atoms with Gasteiger partial charge in [-0.05, 0) is 25.3 Å². The van der Waals surface area contributed by atoms with Gasteiger partial charge in [-0.2, -0.15) is 0 Å². The van der Waals surface area contributed by atoms with Gasteiger partial charge in [0.25, 0.3) is 5.69 Å². The fourth-order valence-electron chi connectivity index (χ4n) is 1.58. The third-order valence-corrected chi connectivity index (χ3v) is 2.99. The van der Waals surface area contributed by atoms with Gasteiger partial charge < -0.3 is 5.32 Å². The summed E-state index contributed by atoms with van der Waals surface area (Å²) in [5, 5.41) is 13.6. The summed E-state index contributed by atoms with van der Waals surface area (Å²) >= 11 is 5.60. The molecule has 6 heteroatoms. The zero-order valence-electron chi connectivity index (χ0n) is 8.37. The Labute approximate surface area is 96.6 Å². The molecule has 0 heterocycles. The zero-order valence-corrected chi connectivity index (χ0v) is 9.13. The van der Waals surface area contributed by atoms with Crippen molar-refractivity contribution in [2.75, 3.05) is 5.32 Å². The van der Waals surface area contributed by atoms with E-state index in [-0.39, 0.29) is 16.8 Å². The molecule has 16 heavy (non-hydrogen) atoms. The average molecular weight is 245 g/mol. The van der Waals surface area contributed by atoms with E-state index < -0.39 is 10.7 Å². The molecular formula is C10H10ClFN2O2. The van der Waals surface area contributed by atoms with Crippen LogP contribution in [0.25, 0.3) is 0 Å². The Balaban J connectivity index is 2.32. The van der Waals surface area contributed by atoms with E-state index in [0.717, 1.165) is 25.3 Å². The SMILES string of the molecule is O=[N+]([O-])c1cc(F)c(Cl)cc1NC1CCC1. The van der Waals surface area contributed by atoms with E-state index in [1.807, 2.05) is 0 Å². The van der Waals surface area contributed by atoms with Gasteiger partial charge in [0, 0.05) is 6.04 Å². The minimum atomic E-state index is -0.771. The summed E-state index contributed by atoms with van der Waals surface area (Å²) < 4.78 is 13.1. The van der Waals surface area contributed by atoms with Crippen LogP contribution in [-0.2, 0) is 0 Å². The summed E-state index contributed by atoms with van der Waals surface area (Å²) in [5.74, 6) is -0.771. The van der Waals surface area contributed by atoms with Gasteiger partial charge in [-0.15, -0.1) is 0 Å². The number of rotatable bonds is 3. The van der Waals surface area contributed by atoms with Crippen molar-refractivity contribution >= 4 is 23.0 Å². The van der Waals surface area contributed by atoms with Crippen LogP contribution in [0.5, 0.6) is 0 Å². The first kappa shape index (κ1) is 11.1. The van der Waals surface area contributed by atoms with Gasteiger partial charge in [0.2, 0.25) is 0 Å². The van der Waals surface area contributed by atoms with E-state index >= 15 is 0 Å². The van der Waals surface area contributed by atoms with Gasteiger partial charge in [0.05, 0.1) is 16.0 Å². The van der Waals surface area contributed by atoms with E-state index in [9.17, 15) is 14.5 Å². The van der Waals surface area contributed by atoms with E-state index in [1.54, 1.807) is 0 Å². The lowest BCUT2D eigenvalue weighted by Gasteiger charge is -2.27. The lowest BCUT2D eigenvalue weighted by Crippen LogP contribution is -2.27. The van der Waals surface area contributed by atoms with Gasteiger partial charge in [-0.1, -0.05) is 11.6 Å². The highest BCUT2D eigenvalue weighted by Crippen LogP contribution is 2.33. The summed E-state index contributed by atoms with van der Waals surface area (Å²) in [4.78, 5) is 10.1. The number of anilines is 1. The van der Waals surface area contributed by atoms with Crippen molar-refractivity contribution in [2.45, 2.75) is 25.3 Å². The maximum atomic E-state index is 13.1. The molecule has 1 aromatic rings. The molecule has 0 atom stereocenters. The molecular weight excluding hydrogens is 235 g/mol. The van der Waals surface area contributed by atoms with Gasteiger partial charge in [-0.25, -0.2) is 4.39 Å². The standard InChI is InChI=1S/C10H10ClFN2O2/c11-7-4-9(13-6-2-1-3-6)10(14(15)16)5-8(7)12/h4-6,13H,1-3H2. The second-order valence-electron chi connectivity index (χ2n) is 3.81. The van der Waals surface area contributed by atoms with Crippen molar-refractivity contribution in [3.05, 3.63) is 33.1 Å². The molecule has 0 aliphatic heterocycles. The smallest absolute Gasteiger partial charge is 0.295 e. The van der Waals surface area contributed by atoms with Crippen LogP contribution in [0.15, 0.2) is 12.1 Å². The first-order valence-corrected chi connectivity index (χ1v) is 5.35. The molecule has 1 N–H and O–H groups in total. The molecule has 0 bridgehead atoms. The minimum Gasteiger partial charge on any atom is -0.377 e. The van der Waals surface area contributed by atoms with E-state index in [2.05, 4.69) is 5.32 Å². The van der Waals surface area contributed by atoms with Crippen LogP contribution in [0.4, 0.5) is 15.8 Å². The van der Waals surface area contributed by atoms with Gasteiger partial charge >= 0.3 is 0 Å². The Hall–Kier alpha value is -1.36. The Morgan fingerprint density at radius 3 is 2.69 bits per heavy atom. The van der Waals surface area contributed by atoms with Crippen molar-refractivity contribution in [1.82, 2.24) is 0 Å². The van der Waals surface area contributed by atoms with Gasteiger partial charge in [-0.3, -0.25) is 10.1 Å². The van der Waals surface area contributed by atoms with Crippen LogP contribution in [0.1, 0.15) is 19.3 Å². The van der Waals surface area contributed by atoms with Crippen molar-refractivity contribution < 1.29 is 9.31 Å². The second-order valence-corrected chi connectivity index (χ2v) is 4.22. The van der Waals surface area contributed by atoms with Crippen molar-refractivity contribution in [3.63, 3.8) is 0 Å². The summed E-state index contributed by atoms with van der Waals surface area (Å²) in [6.07, 6.45) is 3.07. The van der Waals surface area contributed by atoms with Crippen LogP contribution in [-0.4, -0.2) is 11.0 Å². The Morgan fingerprint density at radius 2 is 2.19 bits per heavy atom. The first-order valence-electron chi connectivity index (χ1n) is 4.98. The fourth-order valence-corrected chi connectivity index (χ4v) is 1.74. The molecule has 0 spiro atoms. The number of hydrogen-bond acceptors (Lipinski definition) is 3. The van der Waals surface area contributed by atoms with Crippen LogP contribution >= 0.6 is 11.6 Å². The molecule has 1 aromatic carbocycles. The molecule has 2 rings (SSSR count). The summed E-state index contributed by atoms with van der Waals surface area (Å²) in [5.41, 5.74) is 0.0231. The quantitative estimate of drug-likeness (QED) is 0.655. The number of benzene rings is 1. The largest absolute Gasteiger partial charge is 0.377 e. The number of nitrogens with one attached hydrogen (secondary N) is 1. The maximum absolute atomic E-state index is 13.1. The zero-order chi connectivity index (χ0) is 11.7. The van der Waals surface area contributed by atoms with Crippen molar-refractivity contribution in [2.24, 2.45) is 0 Å². The van der Waals surface area contributed by atoms with Crippen LogP contribution in [0.2, 0.25) is 5.02 Å². The normalized spacial score (nSPS) is 15.6. The molecule has 1 aliphatic rings. The highest BCUT2D eigenvalue weighted by atomic mass is 35.5. The molecule has 1 saturated carbocycles. The Morgan fingerprint density at radius 1 is 1.50 bits per heavy atom. The maximum Gasteiger partial charge on any atom is 0.295 e. The molecule has 0 aromatic heterocycles. The third kappa shape index (κ3) is 2.09. The van der Waals surface area contributed by atoms with Crippen LogP contribution < -0.4 is 5.32 Å². The highest BCUT2D eigenvalue weighted by Gasteiger charge is 2.23. The van der Waals surface area contributed by atoms with Gasteiger partial charge in [0.1, 0.15) is 11.5 Å². The molecule has 1 fully saturated rings. The number of hydrogen-bond donors (Lipinski definition) is 1. The van der Waals surface area contributed by atoms with E-state index in [1.165, 1.54) is 6.07 Å². The number of halogens is 2. The lowest BCUT2D eigenvalue weighted by atomic mass is 9.93. The minimum absolute atomic E-state index is 0.104. The molecule has 0 unspecified atom stereocenters. The van der Waals surface area contributed by atoms with E-state index in [0.29, 0.717) is 5.69 Å². The molecule has 0 saturated heterocycles. The lowest BCUT2D eigenvalue weighted by molar-refractivity contribution is -0.384. The number of nitro benzene ring substituents is 1. The van der Waals surface area contributed by atoms with Crippen LogP contribution in [0.3, 0.4) is 0 Å². The molecule has 4 nitrogen and oxygen atoms in total. The topological polar surface area (TPSA) is 55.2 Å². The monoisotopic (exact) mass is 244 g/mol. The van der Waals surface area contributed by atoms with Crippen LogP contribution in [0, 0.1) is 15.9 Å². The predicted molar refractivity (Wildman–Crippen MR) is 59.3 cm³/mol. The average Bonchev–Trinajstić information content (AvgIpc) is 2.16. The second kappa shape index (κ2) is 4.25. The van der Waals surface area contributed by atoms with Crippen molar-refractivity contribution in [3.8, 4) is 0 Å². The molecule has 0 amide bonds. The van der Waals surface area contributed by atoms with Gasteiger partial charge in [0.15, 0.2) is 0 Å². The number of nitrogens with zero attached hydrogens (tertiary/aromatic N) is 1. The Kier molecular flexibility index (Phi) is 2.96. The molecule has 86 valence electrons. The highest BCUT2D eigenvalue weighted by molar-refractivity contribution is 6.31.